The normalized spacial score (nSPS) is 18.9. The Balaban J connectivity index is 1.92. The minimum absolute atomic E-state index is 0.116. The number of carbonyl (C=O) groups is 1. The summed E-state index contributed by atoms with van der Waals surface area (Å²) in [5, 5.41) is 0. The lowest BCUT2D eigenvalue weighted by atomic mass is 10.0. The Morgan fingerprint density at radius 1 is 1.48 bits per heavy atom. The number of hydrogen-bond acceptors (Lipinski definition) is 3. The number of rotatable bonds is 2. The third kappa shape index (κ3) is 4.37. The van der Waals surface area contributed by atoms with Crippen molar-refractivity contribution in [3.8, 4) is 0 Å². The van der Waals surface area contributed by atoms with Gasteiger partial charge in [-0.25, -0.2) is 13.6 Å². The van der Waals surface area contributed by atoms with Crippen molar-refractivity contribution < 1.29 is 18.3 Å². The molecular formula is C15H20F2N2O2. The van der Waals surface area contributed by atoms with Crippen molar-refractivity contribution in [3.63, 3.8) is 0 Å². The maximum Gasteiger partial charge on any atom is 0.410 e. The monoisotopic (exact) mass is 298 g/mol. The van der Waals surface area contributed by atoms with Crippen LogP contribution in [0.1, 0.15) is 32.9 Å². The van der Waals surface area contributed by atoms with E-state index in [4.69, 9.17) is 4.74 Å². The van der Waals surface area contributed by atoms with Crippen LogP contribution in [0.4, 0.5) is 13.6 Å². The van der Waals surface area contributed by atoms with Gasteiger partial charge in [-0.05, 0) is 39.5 Å². The minimum Gasteiger partial charge on any atom is -0.444 e. The molecule has 1 amide bonds. The van der Waals surface area contributed by atoms with Gasteiger partial charge in [0.2, 0.25) is 0 Å². The molecule has 2 rings (SSSR count). The zero-order valence-corrected chi connectivity index (χ0v) is 12.5. The van der Waals surface area contributed by atoms with Crippen molar-refractivity contribution >= 4 is 6.09 Å². The molecule has 1 atom stereocenters. The molecule has 21 heavy (non-hydrogen) atoms. The molecule has 0 spiro atoms. The van der Waals surface area contributed by atoms with E-state index in [1.807, 2.05) is 20.8 Å². The topological polar surface area (TPSA) is 42.4 Å². The first-order valence-electron chi connectivity index (χ1n) is 7.02. The van der Waals surface area contributed by atoms with E-state index in [1.54, 1.807) is 4.90 Å². The number of aromatic nitrogens is 1. The molecule has 0 unspecified atom stereocenters. The Labute approximate surface area is 123 Å². The van der Waals surface area contributed by atoms with Gasteiger partial charge in [-0.1, -0.05) is 0 Å². The lowest BCUT2D eigenvalue weighted by Gasteiger charge is -2.24. The molecule has 0 aromatic carbocycles. The fraction of sp³-hybridized carbons (Fsp3) is 0.600. The molecule has 6 heteroatoms. The number of carbonyl (C=O) groups excluding carboxylic acids is 1. The van der Waals surface area contributed by atoms with E-state index >= 15 is 0 Å². The molecule has 0 N–H and O–H groups in total. The minimum atomic E-state index is -0.682. The molecule has 0 bridgehead atoms. The maximum absolute atomic E-state index is 13.6. The standard InChI is InChI=1S/C15H20F2N2O2/c1-15(2,3)21-14(20)19-5-4-10(9-19)6-13-12(17)7-11(16)8-18-13/h7-8,10H,4-6,9H2,1-3H3/t10-/m1/s1. The Hall–Kier alpha value is -1.72. The van der Waals surface area contributed by atoms with Crippen molar-refractivity contribution in [1.29, 1.82) is 0 Å². The predicted octanol–water partition coefficient (Wildman–Crippen LogP) is 3.16. The summed E-state index contributed by atoms with van der Waals surface area (Å²) in [6.45, 7) is 6.54. The van der Waals surface area contributed by atoms with Gasteiger partial charge in [-0.2, -0.15) is 0 Å². The quantitative estimate of drug-likeness (QED) is 0.842. The lowest BCUT2D eigenvalue weighted by molar-refractivity contribution is 0.0288. The van der Waals surface area contributed by atoms with Crippen molar-refractivity contribution in [2.24, 2.45) is 5.92 Å². The average Bonchev–Trinajstić information content (AvgIpc) is 2.79. The predicted molar refractivity (Wildman–Crippen MR) is 73.8 cm³/mol. The van der Waals surface area contributed by atoms with Gasteiger partial charge in [0, 0.05) is 19.2 Å². The third-order valence-electron chi connectivity index (χ3n) is 3.30. The molecule has 1 saturated heterocycles. The van der Waals surface area contributed by atoms with Crippen LogP contribution in [0, 0.1) is 17.6 Å². The van der Waals surface area contributed by atoms with E-state index < -0.39 is 17.2 Å². The summed E-state index contributed by atoms with van der Waals surface area (Å²) in [4.78, 5) is 17.3. The zero-order valence-electron chi connectivity index (χ0n) is 12.5. The van der Waals surface area contributed by atoms with Crippen LogP contribution in [0.5, 0.6) is 0 Å². The number of amides is 1. The number of pyridine rings is 1. The fourth-order valence-corrected chi connectivity index (χ4v) is 2.36. The van der Waals surface area contributed by atoms with E-state index in [0.29, 0.717) is 19.5 Å². The van der Waals surface area contributed by atoms with Gasteiger partial charge < -0.3 is 9.64 Å². The van der Waals surface area contributed by atoms with Gasteiger partial charge in [0.05, 0.1) is 11.9 Å². The van der Waals surface area contributed by atoms with Crippen molar-refractivity contribution in [1.82, 2.24) is 9.88 Å². The summed E-state index contributed by atoms with van der Waals surface area (Å²) >= 11 is 0. The van der Waals surface area contributed by atoms with Crippen LogP contribution >= 0.6 is 0 Å². The Bertz CT molecular complexity index is 529. The van der Waals surface area contributed by atoms with E-state index in [1.165, 1.54) is 0 Å². The van der Waals surface area contributed by atoms with E-state index in [2.05, 4.69) is 4.98 Å². The van der Waals surface area contributed by atoms with Crippen LogP contribution < -0.4 is 0 Å². The molecule has 1 fully saturated rings. The molecule has 1 aromatic heterocycles. The Morgan fingerprint density at radius 2 is 2.19 bits per heavy atom. The molecule has 0 saturated carbocycles. The third-order valence-corrected chi connectivity index (χ3v) is 3.30. The molecule has 116 valence electrons. The fourth-order valence-electron chi connectivity index (χ4n) is 2.36. The van der Waals surface area contributed by atoms with Crippen LogP contribution in [0.25, 0.3) is 0 Å². The SMILES string of the molecule is CC(C)(C)OC(=O)N1CC[C@H](Cc2ncc(F)cc2F)C1. The van der Waals surface area contributed by atoms with Gasteiger partial charge >= 0.3 is 6.09 Å². The van der Waals surface area contributed by atoms with Crippen LogP contribution in [-0.4, -0.2) is 34.7 Å². The van der Waals surface area contributed by atoms with Gasteiger partial charge in [0.25, 0.3) is 0 Å². The first kappa shape index (κ1) is 15.7. The van der Waals surface area contributed by atoms with Gasteiger partial charge in [-0.15, -0.1) is 0 Å². The van der Waals surface area contributed by atoms with Crippen molar-refractivity contribution in [3.05, 3.63) is 29.6 Å². The summed E-state index contributed by atoms with van der Waals surface area (Å²) in [7, 11) is 0. The molecular weight excluding hydrogens is 278 g/mol. The number of hydrogen-bond donors (Lipinski definition) is 0. The Kier molecular flexibility index (Phi) is 4.44. The highest BCUT2D eigenvalue weighted by Crippen LogP contribution is 2.23. The first-order valence-corrected chi connectivity index (χ1v) is 7.02. The van der Waals surface area contributed by atoms with Crippen LogP contribution in [0.3, 0.4) is 0 Å². The maximum atomic E-state index is 13.6. The number of halogens is 2. The van der Waals surface area contributed by atoms with Gasteiger partial charge in [0.15, 0.2) is 0 Å². The largest absolute Gasteiger partial charge is 0.444 e. The molecule has 4 nitrogen and oxygen atoms in total. The lowest BCUT2D eigenvalue weighted by Crippen LogP contribution is -2.35. The summed E-state index contributed by atoms with van der Waals surface area (Å²) < 4.78 is 31.7. The highest BCUT2D eigenvalue weighted by Gasteiger charge is 2.30. The van der Waals surface area contributed by atoms with Gasteiger partial charge in [-0.3, -0.25) is 4.98 Å². The number of nitrogens with zero attached hydrogens (tertiary/aromatic N) is 2. The second-order valence-corrected chi connectivity index (χ2v) is 6.37. The average molecular weight is 298 g/mol. The van der Waals surface area contributed by atoms with Gasteiger partial charge in [0.1, 0.15) is 17.2 Å². The highest BCUT2D eigenvalue weighted by atomic mass is 19.1. The van der Waals surface area contributed by atoms with Crippen LogP contribution in [0.15, 0.2) is 12.3 Å². The molecule has 1 aliphatic rings. The second kappa shape index (κ2) is 5.95. The molecule has 0 aliphatic carbocycles. The van der Waals surface area contributed by atoms with Crippen LogP contribution in [-0.2, 0) is 11.2 Å². The van der Waals surface area contributed by atoms with E-state index in [9.17, 15) is 13.6 Å². The second-order valence-electron chi connectivity index (χ2n) is 6.37. The smallest absolute Gasteiger partial charge is 0.410 e. The first-order chi connectivity index (χ1) is 9.74. The summed E-state index contributed by atoms with van der Waals surface area (Å²) in [6.07, 6.45) is 1.82. The molecule has 1 aliphatic heterocycles. The number of ether oxygens (including phenoxy) is 1. The van der Waals surface area contributed by atoms with E-state index in [-0.39, 0.29) is 17.7 Å². The number of likely N-dealkylation sites (tertiary alicyclic amines) is 1. The summed E-state index contributed by atoms with van der Waals surface area (Å²) in [5.41, 5.74) is -0.285. The van der Waals surface area contributed by atoms with Crippen LogP contribution in [0.2, 0.25) is 0 Å². The van der Waals surface area contributed by atoms with E-state index in [0.717, 1.165) is 18.7 Å². The summed E-state index contributed by atoms with van der Waals surface area (Å²) in [5.74, 6) is -1.20. The molecule has 2 heterocycles. The highest BCUT2D eigenvalue weighted by molar-refractivity contribution is 5.68. The molecule has 0 radical (unpaired) electrons. The van der Waals surface area contributed by atoms with Crippen molar-refractivity contribution in [2.75, 3.05) is 13.1 Å². The van der Waals surface area contributed by atoms with Crippen molar-refractivity contribution in [2.45, 2.75) is 39.2 Å². The molecule has 1 aromatic rings. The zero-order chi connectivity index (χ0) is 15.6. The summed E-state index contributed by atoms with van der Waals surface area (Å²) in [6, 6.07) is 0.836. The Morgan fingerprint density at radius 3 is 2.81 bits per heavy atom.